The second-order valence-corrected chi connectivity index (χ2v) is 13.5. The zero-order chi connectivity index (χ0) is 31.9. The molecule has 5 aliphatic rings. The number of ether oxygens (including phenoxy) is 2. The van der Waals surface area contributed by atoms with E-state index in [1.165, 1.54) is 18.2 Å². The minimum Gasteiger partial charge on any atom is -0.399 e. The molecular weight excluding hydrogens is 580 g/mol. The van der Waals surface area contributed by atoms with Gasteiger partial charge in [-0.25, -0.2) is 8.78 Å². The number of ketones is 2. The number of hydrogen-bond acceptors (Lipinski definition) is 6. The van der Waals surface area contributed by atoms with Crippen molar-refractivity contribution < 1.29 is 38.1 Å². The van der Waals surface area contributed by atoms with Crippen molar-refractivity contribution in [1.29, 1.82) is 0 Å². The average Bonchev–Trinajstić information content (AvgIpc) is 3.52. The summed E-state index contributed by atoms with van der Waals surface area (Å²) in [6.45, 7) is 2.50. The van der Waals surface area contributed by atoms with Gasteiger partial charge < -0.3 is 25.4 Å². The van der Waals surface area contributed by atoms with Gasteiger partial charge in [0.15, 0.2) is 23.3 Å². The van der Waals surface area contributed by atoms with Crippen LogP contribution >= 0.6 is 0 Å². The molecule has 0 bridgehead atoms. The van der Waals surface area contributed by atoms with Crippen LogP contribution in [0.2, 0.25) is 0 Å². The Kier molecular flexibility index (Phi) is 6.77. The lowest BCUT2D eigenvalue weighted by Gasteiger charge is -2.63. The molecule has 0 radical (unpaired) electrons. The zero-order valence-corrected chi connectivity index (χ0v) is 25.0. The predicted octanol–water partition coefficient (Wildman–Crippen LogP) is 4.29. The van der Waals surface area contributed by atoms with Crippen molar-refractivity contribution in [3.05, 3.63) is 89.0 Å². The molecule has 4 fully saturated rings. The SMILES string of the molecule is C[C@]12C=CC(=[OH+])C=C1[C@@H](F)C[C@H]1[C@@H]3C[C@H]4O[C@H](c5ccc(C#Cc6cccc(N)c6)cc5)O[C@@]4(C(=O)CO)[C@@]3(C)C[C@H](O)[C@@]12F. The molecule has 7 nitrogen and oxygen atoms in total. The highest BCUT2D eigenvalue weighted by Crippen LogP contribution is 2.72. The summed E-state index contributed by atoms with van der Waals surface area (Å²) in [5.74, 6) is 3.82. The summed E-state index contributed by atoms with van der Waals surface area (Å²) >= 11 is 0. The number of benzene rings is 2. The molecule has 0 amide bonds. The average molecular weight is 617 g/mol. The number of alkyl halides is 2. The second-order valence-electron chi connectivity index (χ2n) is 13.5. The summed E-state index contributed by atoms with van der Waals surface area (Å²) in [5, 5.41) is 21.8. The third kappa shape index (κ3) is 4.02. The second kappa shape index (κ2) is 10.2. The van der Waals surface area contributed by atoms with Crippen LogP contribution in [0.5, 0.6) is 0 Å². The third-order valence-electron chi connectivity index (χ3n) is 11.4. The van der Waals surface area contributed by atoms with Gasteiger partial charge in [0, 0.05) is 51.3 Å². The highest BCUT2D eigenvalue weighted by atomic mass is 19.1. The number of fused-ring (bicyclic) bond motifs is 7. The molecule has 234 valence electrons. The van der Waals surface area contributed by atoms with Crippen LogP contribution in [0.4, 0.5) is 14.5 Å². The zero-order valence-electron chi connectivity index (χ0n) is 25.0. The summed E-state index contributed by atoms with van der Waals surface area (Å²) in [5.41, 5.74) is 2.09. The van der Waals surface area contributed by atoms with Crippen LogP contribution in [0.15, 0.2) is 72.3 Å². The Bertz CT molecular complexity index is 1710. The van der Waals surface area contributed by atoms with Crippen LogP contribution in [0, 0.1) is 34.5 Å². The summed E-state index contributed by atoms with van der Waals surface area (Å²) in [6.07, 6.45) is -1.12. The lowest BCUT2D eigenvalue weighted by atomic mass is 9.44. The predicted molar refractivity (Wildman–Crippen MR) is 163 cm³/mol. The minimum atomic E-state index is -2.27. The minimum absolute atomic E-state index is 0.0943. The van der Waals surface area contributed by atoms with Crippen molar-refractivity contribution in [3.63, 3.8) is 0 Å². The Morgan fingerprint density at radius 1 is 1.11 bits per heavy atom. The smallest absolute Gasteiger partial charge is 0.339 e. The fraction of sp³-hybridized carbons (Fsp3) is 0.444. The van der Waals surface area contributed by atoms with E-state index in [0.717, 1.165) is 11.1 Å². The first-order chi connectivity index (χ1) is 21.4. The summed E-state index contributed by atoms with van der Waals surface area (Å²) in [4.78, 5) is 23.8. The quantitative estimate of drug-likeness (QED) is 0.269. The van der Waals surface area contributed by atoms with Gasteiger partial charge in [-0.2, -0.15) is 0 Å². The maximum Gasteiger partial charge on any atom is 0.339 e. The van der Waals surface area contributed by atoms with E-state index in [-0.39, 0.29) is 30.6 Å². The summed E-state index contributed by atoms with van der Waals surface area (Å²) < 4.78 is 46.3. The number of aliphatic hydroxyl groups excluding tert-OH is 2. The van der Waals surface area contributed by atoms with Crippen molar-refractivity contribution in [2.45, 2.75) is 69.0 Å². The van der Waals surface area contributed by atoms with Gasteiger partial charge in [-0.15, -0.1) is 0 Å². The van der Waals surface area contributed by atoms with Crippen LogP contribution in [-0.4, -0.2) is 62.8 Å². The molecule has 0 aromatic heterocycles. The Labute approximate surface area is 260 Å². The first kappa shape index (κ1) is 30.0. The first-order valence-electron chi connectivity index (χ1n) is 15.3. The molecule has 45 heavy (non-hydrogen) atoms. The molecule has 1 heterocycles. The number of Topliss-reactive ketones (excluding diaryl/α,β-unsaturated/α-hetero) is 1. The topological polar surface area (TPSA) is 123 Å². The first-order valence-corrected chi connectivity index (χ1v) is 15.3. The molecule has 1 aliphatic heterocycles. The van der Waals surface area contributed by atoms with Crippen molar-refractivity contribution >= 4 is 17.3 Å². The molecule has 0 spiro atoms. The molecule has 10 atom stereocenters. The number of nitrogens with two attached hydrogens (primary N) is 1. The molecular formula is C36H36F2NO6+. The van der Waals surface area contributed by atoms with Gasteiger partial charge in [0.2, 0.25) is 0 Å². The fourth-order valence-electron chi connectivity index (χ4n) is 9.21. The monoisotopic (exact) mass is 616 g/mol. The highest BCUT2D eigenvalue weighted by Gasteiger charge is 2.80. The summed E-state index contributed by atoms with van der Waals surface area (Å²) in [7, 11) is 0. The van der Waals surface area contributed by atoms with Crippen molar-refractivity contribution in [1.82, 2.24) is 0 Å². The van der Waals surface area contributed by atoms with Crippen LogP contribution in [-0.2, 0) is 14.3 Å². The summed E-state index contributed by atoms with van der Waals surface area (Å²) in [6, 6.07) is 14.5. The number of rotatable bonds is 3. The molecule has 5 N–H and O–H groups in total. The molecule has 9 heteroatoms. The van der Waals surface area contributed by atoms with E-state index < -0.39 is 71.0 Å². The van der Waals surface area contributed by atoms with Crippen molar-refractivity contribution in [2.24, 2.45) is 22.7 Å². The maximum absolute atomic E-state index is 17.6. The van der Waals surface area contributed by atoms with E-state index in [4.69, 9.17) is 15.2 Å². The van der Waals surface area contributed by atoms with E-state index >= 15 is 8.78 Å². The number of allylic oxidation sites excluding steroid dienone is 4. The molecule has 7 rings (SSSR count). The van der Waals surface area contributed by atoms with Gasteiger partial charge in [0.05, 0.1) is 12.2 Å². The van der Waals surface area contributed by atoms with Crippen molar-refractivity contribution in [3.8, 4) is 11.8 Å². The number of carbonyl (C=O) groups excluding carboxylic acids is 2. The van der Waals surface area contributed by atoms with Gasteiger partial charge in [0.25, 0.3) is 0 Å². The van der Waals surface area contributed by atoms with Crippen LogP contribution in [0.25, 0.3) is 0 Å². The third-order valence-corrected chi connectivity index (χ3v) is 11.4. The van der Waals surface area contributed by atoms with E-state index in [1.807, 2.05) is 24.3 Å². The van der Waals surface area contributed by atoms with E-state index in [2.05, 4.69) is 11.8 Å². The molecule has 0 unspecified atom stereocenters. The van der Waals surface area contributed by atoms with Crippen molar-refractivity contribution in [2.75, 3.05) is 12.3 Å². The molecule has 4 aliphatic carbocycles. The number of carbonyl (C=O) groups is 1. The normalized spacial score (nSPS) is 41.2. The Hall–Kier alpha value is -3.68. The Morgan fingerprint density at radius 3 is 2.56 bits per heavy atom. The number of halogens is 2. The fourth-order valence-corrected chi connectivity index (χ4v) is 9.21. The Morgan fingerprint density at radius 2 is 1.84 bits per heavy atom. The van der Waals surface area contributed by atoms with E-state index in [9.17, 15) is 19.8 Å². The van der Waals surface area contributed by atoms with E-state index in [1.54, 1.807) is 38.1 Å². The molecule has 2 aromatic carbocycles. The maximum atomic E-state index is 17.6. The standard InChI is InChI=1S/C36H35F2NO6/c1-33-13-12-24(41)15-27(33)28(37)16-26-25-17-31-36(30(43)19-40,34(25,2)18-29(42)35(26,33)38)45-32(44-31)22-10-8-20(9-11-22)6-7-21-4-3-5-23(39)14-21/h3-5,8-15,25-26,28-29,31-32,40,42H,16-19,39H2,1-2H3/p+1/t25-,26-,28-,29-,31+,32-,33-,34-,35-,36+/m0/s1. The van der Waals surface area contributed by atoms with Gasteiger partial charge >= 0.3 is 5.78 Å². The molecule has 1 saturated heterocycles. The number of aliphatic hydroxyl groups is 2. The van der Waals surface area contributed by atoms with Gasteiger partial charge in [-0.1, -0.05) is 43.0 Å². The van der Waals surface area contributed by atoms with Crippen LogP contribution in [0.3, 0.4) is 0 Å². The Balaban J connectivity index is 1.21. The highest BCUT2D eigenvalue weighted by molar-refractivity contribution is 6.02. The molecule has 2 aromatic rings. The van der Waals surface area contributed by atoms with Gasteiger partial charge in [-0.3, -0.25) is 9.59 Å². The van der Waals surface area contributed by atoms with Gasteiger partial charge in [0.1, 0.15) is 12.8 Å². The molecule has 3 saturated carbocycles. The largest absolute Gasteiger partial charge is 0.399 e. The number of anilines is 1. The number of nitrogen functional groups attached to an aromatic ring is 1. The van der Waals surface area contributed by atoms with Crippen LogP contribution in [0.1, 0.15) is 56.1 Å². The van der Waals surface area contributed by atoms with Crippen LogP contribution < -0.4 is 5.73 Å². The van der Waals surface area contributed by atoms with E-state index in [0.29, 0.717) is 11.3 Å². The van der Waals surface area contributed by atoms with Gasteiger partial charge in [-0.05, 0) is 68.0 Å². The lowest BCUT2D eigenvalue weighted by molar-refractivity contribution is -0.235. The lowest BCUT2D eigenvalue weighted by Crippen LogP contribution is -2.70. The number of hydrogen-bond donors (Lipinski definition) is 3.